The Morgan fingerprint density at radius 2 is 2.25 bits per heavy atom. The van der Waals surface area contributed by atoms with Crippen molar-refractivity contribution in [3.8, 4) is 0 Å². The molecule has 0 spiro atoms. The molecule has 0 unspecified atom stereocenters. The van der Waals surface area contributed by atoms with Crippen LogP contribution in [0.25, 0.3) is 0 Å². The van der Waals surface area contributed by atoms with Gasteiger partial charge in [-0.25, -0.2) is 0 Å². The number of aryl methyl sites for hydroxylation is 1. The molecule has 86 valence electrons. The van der Waals surface area contributed by atoms with Crippen molar-refractivity contribution in [2.24, 2.45) is 0 Å². The van der Waals surface area contributed by atoms with Crippen molar-refractivity contribution >= 4 is 23.0 Å². The van der Waals surface area contributed by atoms with Gasteiger partial charge in [-0.1, -0.05) is 11.6 Å². The smallest absolute Gasteiger partial charge is 0.288 e. The first-order chi connectivity index (χ1) is 7.58. The van der Waals surface area contributed by atoms with Crippen LogP contribution in [0.5, 0.6) is 0 Å². The molecule has 0 radical (unpaired) electrons. The lowest BCUT2D eigenvalue weighted by atomic mass is 10.1. The Kier molecular flexibility index (Phi) is 2.98. The van der Waals surface area contributed by atoms with Crippen LogP contribution in [0.4, 0.5) is 11.4 Å². The zero-order valence-electron chi connectivity index (χ0n) is 8.70. The quantitative estimate of drug-likeness (QED) is 0.653. The maximum Gasteiger partial charge on any atom is 0.288 e. The first-order valence-corrected chi connectivity index (χ1v) is 5.24. The molecule has 1 aromatic rings. The van der Waals surface area contributed by atoms with Crippen LogP contribution in [0.3, 0.4) is 0 Å². The van der Waals surface area contributed by atoms with Gasteiger partial charge in [0, 0.05) is 11.8 Å². The lowest BCUT2D eigenvalue weighted by Gasteiger charge is -2.28. The highest BCUT2D eigenvalue weighted by atomic mass is 35.5. The maximum atomic E-state index is 10.7. The summed E-state index contributed by atoms with van der Waals surface area (Å²) in [6, 6.07) is 3.34. The van der Waals surface area contributed by atoms with E-state index in [0.717, 1.165) is 11.3 Å². The van der Waals surface area contributed by atoms with Crippen molar-refractivity contribution in [2.75, 3.05) is 18.5 Å². The van der Waals surface area contributed by atoms with Crippen LogP contribution < -0.4 is 5.32 Å². The Balaban J connectivity index is 2.25. The minimum Gasteiger partial charge on any atom is -0.377 e. The Labute approximate surface area is 97.5 Å². The number of ether oxygens (including phenoxy) is 1. The van der Waals surface area contributed by atoms with Gasteiger partial charge in [-0.15, -0.1) is 0 Å². The van der Waals surface area contributed by atoms with Gasteiger partial charge in [-0.05, 0) is 18.6 Å². The lowest BCUT2D eigenvalue weighted by Crippen LogP contribution is -2.40. The van der Waals surface area contributed by atoms with E-state index in [9.17, 15) is 10.1 Å². The fraction of sp³-hybridized carbons (Fsp3) is 0.400. The predicted octanol–water partition coefficient (Wildman–Crippen LogP) is 2.37. The van der Waals surface area contributed by atoms with Crippen molar-refractivity contribution in [3.63, 3.8) is 0 Å². The highest BCUT2D eigenvalue weighted by Gasteiger charge is 2.20. The second-order valence-corrected chi connectivity index (χ2v) is 4.16. The number of rotatable bonds is 3. The predicted molar refractivity (Wildman–Crippen MR) is 61.1 cm³/mol. The topological polar surface area (TPSA) is 64.4 Å². The van der Waals surface area contributed by atoms with Crippen molar-refractivity contribution in [3.05, 3.63) is 32.8 Å². The first kappa shape index (κ1) is 11.2. The molecular formula is C10H11ClN2O3. The molecule has 6 heteroatoms. The molecule has 0 bridgehead atoms. The number of nitrogens with zero attached hydrogens (tertiary/aromatic N) is 1. The van der Waals surface area contributed by atoms with Gasteiger partial charge in [-0.2, -0.15) is 0 Å². The fourth-order valence-corrected chi connectivity index (χ4v) is 1.73. The summed E-state index contributed by atoms with van der Waals surface area (Å²) in [5.74, 6) is 0. The highest BCUT2D eigenvalue weighted by Crippen LogP contribution is 2.31. The van der Waals surface area contributed by atoms with E-state index in [1.165, 1.54) is 6.07 Å². The highest BCUT2D eigenvalue weighted by molar-refractivity contribution is 6.33. The third kappa shape index (κ3) is 2.10. The zero-order valence-corrected chi connectivity index (χ0v) is 9.45. The summed E-state index contributed by atoms with van der Waals surface area (Å²) in [5.41, 5.74) is 1.57. The number of nitro benzene ring substituents is 1. The molecule has 2 rings (SSSR count). The molecule has 0 atom stereocenters. The van der Waals surface area contributed by atoms with Crippen LogP contribution in [0, 0.1) is 17.0 Å². The number of anilines is 1. The van der Waals surface area contributed by atoms with Crippen LogP contribution in [0.1, 0.15) is 5.56 Å². The van der Waals surface area contributed by atoms with Crippen LogP contribution in [0.2, 0.25) is 5.02 Å². The molecule has 1 aromatic carbocycles. The number of hydrogen-bond acceptors (Lipinski definition) is 4. The summed E-state index contributed by atoms with van der Waals surface area (Å²) >= 11 is 5.83. The average molecular weight is 243 g/mol. The van der Waals surface area contributed by atoms with Gasteiger partial charge in [0.1, 0.15) is 5.02 Å². The second kappa shape index (κ2) is 4.27. The molecule has 0 saturated carbocycles. The van der Waals surface area contributed by atoms with Gasteiger partial charge >= 0.3 is 0 Å². The average Bonchev–Trinajstić information content (AvgIpc) is 2.15. The maximum absolute atomic E-state index is 10.7. The normalized spacial score (nSPS) is 15.6. The van der Waals surface area contributed by atoms with Gasteiger partial charge in [0.25, 0.3) is 5.69 Å². The Hall–Kier alpha value is -1.33. The standard InChI is InChI=1S/C10H11ClN2O3/c1-6-2-10(13(14)15)8(11)3-9(6)12-7-4-16-5-7/h2-3,7,12H,4-5H2,1H3. The van der Waals surface area contributed by atoms with Crippen LogP contribution in [0.15, 0.2) is 12.1 Å². The van der Waals surface area contributed by atoms with E-state index in [-0.39, 0.29) is 16.8 Å². The van der Waals surface area contributed by atoms with E-state index >= 15 is 0 Å². The summed E-state index contributed by atoms with van der Waals surface area (Å²) in [6.45, 7) is 3.13. The van der Waals surface area contributed by atoms with E-state index in [1.807, 2.05) is 6.92 Å². The Morgan fingerprint density at radius 1 is 1.56 bits per heavy atom. The molecular weight excluding hydrogens is 232 g/mol. The first-order valence-electron chi connectivity index (χ1n) is 4.86. The second-order valence-electron chi connectivity index (χ2n) is 3.75. The number of benzene rings is 1. The van der Waals surface area contributed by atoms with E-state index in [4.69, 9.17) is 16.3 Å². The summed E-state index contributed by atoms with van der Waals surface area (Å²) < 4.78 is 5.04. The molecule has 5 nitrogen and oxygen atoms in total. The summed E-state index contributed by atoms with van der Waals surface area (Å²) in [6.07, 6.45) is 0. The Bertz CT molecular complexity index is 432. The number of hydrogen-bond donors (Lipinski definition) is 1. The van der Waals surface area contributed by atoms with Crippen LogP contribution in [-0.4, -0.2) is 24.2 Å². The van der Waals surface area contributed by atoms with Gasteiger partial charge in [0.2, 0.25) is 0 Å². The minimum absolute atomic E-state index is 0.0606. The summed E-state index contributed by atoms with van der Waals surface area (Å²) in [5, 5.41) is 14.0. The molecule has 16 heavy (non-hydrogen) atoms. The molecule has 1 N–H and O–H groups in total. The SMILES string of the molecule is Cc1cc([N+](=O)[O-])c(Cl)cc1NC1COC1. The third-order valence-electron chi connectivity index (χ3n) is 2.49. The molecule has 0 aliphatic carbocycles. The lowest BCUT2D eigenvalue weighted by molar-refractivity contribution is -0.384. The van der Waals surface area contributed by atoms with E-state index in [0.29, 0.717) is 13.2 Å². The van der Waals surface area contributed by atoms with Gasteiger partial charge < -0.3 is 10.1 Å². The number of nitrogens with one attached hydrogen (secondary N) is 1. The molecule has 1 saturated heterocycles. The molecule has 0 amide bonds. The molecule has 1 heterocycles. The summed E-state index contributed by atoms with van der Waals surface area (Å²) in [7, 11) is 0. The molecule has 1 aliphatic heterocycles. The van der Waals surface area contributed by atoms with E-state index in [2.05, 4.69) is 5.32 Å². The Morgan fingerprint density at radius 3 is 2.75 bits per heavy atom. The molecule has 1 aliphatic rings. The van der Waals surface area contributed by atoms with E-state index < -0.39 is 4.92 Å². The van der Waals surface area contributed by atoms with Gasteiger partial charge in [0.05, 0.1) is 24.2 Å². The van der Waals surface area contributed by atoms with Gasteiger partial charge in [0.15, 0.2) is 0 Å². The monoisotopic (exact) mass is 242 g/mol. The minimum atomic E-state index is -0.481. The zero-order chi connectivity index (χ0) is 11.7. The van der Waals surface area contributed by atoms with Crippen molar-refractivity contribution in [1.82, 2.24) is 0 Å². The number of halogens is 1. The molecule has 0 aromatic heterocycles. The van der Waals surface area contributed by atoms with Crippen LogP contribution in [-0.2, 0) is 4.74 Å². The van der Waals surface area contributed by atoms with Crippen molar-refractivity contribution in [2.45, 2.75) is 13.0 Å². The van der Waals surface area contributed by atoms with Crippen molar-refractivity contribution in [1.29, 1.82) is 0 Å². The fourth-order valence-electron chi connectivity index (χ4n) is 1.50. The van der Waals surface area contributed by atoms with E-state index in [1.54, 1.807) is 6.07 Å². The number of nitro groups is 1. The summed E-state index contributed by atoms with van der Waals surface area (Å²) in [4.78, 5) is 10.2. The third-order valence-corrected chi connectivity index (χ3v) is 2.79. The van der Waals surface area contributed by atoms with Crippen molar-refractivity contribution < 1.29 is 9.66 Å². The van der Waals surface area contributed by atoms with Gasteiger partial charge in [-0.3, -0.25) is 10.1 Å². The van der Waals surface area contributed by atoms with Crippen LogP contribution >= 0.6 is 11.6 Å². The molecule has 1 fully saturated rings. The largest absolute Gasteiger partial charge is 0.377 e.